The fourth-order valence-corrected chi connectivity index (χ4v) is 3.13. The summed E-state index contributed by atoms with van der Waals surface area (Å²) < 4.78 is 39.3. The van der Waals surface area contributed by atoms with Gasteiger partial charge in [0.1, 0.15) is 4.87 Å². The summed E-state index contributed by atoms with van der Waals surface area (Å²) in [6.45, 7) is 1.68. The standard InChI is InChI=1S/C11H9F3N5O2S/c1-10(6-2-4-7(5-3-6)19(20)21)17-18-8(11(12,13)14)15-16-9(18)22-10/h2-5,17,20H,1H3/q-1/t10-/m0/s1. The number of nitrogens with one attached hydrogen (secondary N) is 1. The summed E-state index contributed by atoms with van der Waals surface area (Å²) in [4.78, 5) is -0.910. The largest absolute Gasteiger partial charge is 0.733 e. The highest BCUT2D eigenvalue weighted by Gasteiger charge is 2.45. The number of hydrogen-bond acceptors (Lipinski definition) is 7. The maximum absolute atomic E-state index is 12.8. The van der Waals surface area contributed by atoms with Crippen LogP contribution in [0, 0.1) is 5.21 Å². The topological polar surface area (TPSA) is 89.3 Å². The van der Waals surface area contributed by atoms with Gasteiger partial charge < -0.3 is 15.9 Å². The minimum Gasteiger partial charge on any atom is -0.733 e. The van der Waals surface area contributed by atoms with E-state index in [0.29, 0.717) is 5.56 Å². The molecule has 1 aromatic heterocycles. The van der Waals surface area contributed by atoms with Crippen LogP contribution in [0.5, 0.6) is 0 Å². The lowest BCUT2D eigenvalue weighted by Crippen LogP contribution is -2.32. The summed E-state index contributed by atoms with van der Waals surface area (Å²) in [5, 5.41) is 26.0. The lowest BCUT2D eigenvalue weighted by atomic mass is 10.1. The number of rotatable bonds is 2. The Balaban J connectivity index is 1.92. The average Bonchev–Trinajstić information content (AvgIpc) is 2.94. The molecule has 7 nitrogen and oxygen atoms in total. The van der Waals surface area contributed by atoms with Crippen LogP contribution in [0.15, 0.2) is 29.4 Å². The van der Waals surface area contributed by atoms with Crippen molar-refractivity contribution in [3.05, 3.63) is 40.9 Å². The molecular formula is C11H9F3N5O2S-. The van der Waals surface area contributed by atoms with E-state index < -0.39 is 16.9 Å². The number of thioether (sulfide) groups is 1. The van der Waals surface area contributed by atoms with E-state index in [9.17, 15) is 18.4 Å². The second-order valence-corrected chi connectivity index (χ2v) is 6.09. The highest BCUT2D eigenvalue weighted by molar-refractivity contribution is 8.00. The molecule has 0 bridgehead atoms. The first-order chi connectivity index (χ1) is 10.2. The van der Waals surface area contributed by atoms with Crippen LogP contribution >= 0.6 is 11.8 Å². The summed E-state index contributed by atoms with van der Waals surface area (Å²) in [5.74, 6) is -1.13. The maximum Gasteiger partial charge on any atom is 0.453 e. The Morgan fingerprint density at radius 2 is 1.95 bits per heavy atom. The van der Waals surface area contributed by atoms with Crippen molar-refractivity contribution in [1.82, 2.24) is 14.9 Å². The number of anilines is 1. The van der Waals surface area contributed by atoms with Crippen LogP contribution in [-0.4, -0.2) is 20.1 Å². The van der Waals surface area contributed by atoms with E-state index in [1.54, 1.807) is 6.92 Å². The molecule has 1 aliphatic rings. The SMILES string of the molecule is C[C@]1(c2ccc(N([O-])O)cc2)Nn2c(nnc2C(F)(F)F)S1. The van der Waals surface area contributed by atoms with Crippen molar-refractivity contribution in [3.8, 4) is 0 Å². The van der Waals surface area contributed by atoms with Gasteiger partial charge in [0, 0.05) is 0 Å². The quantitative estimate of drug-likeness (QED) is 0.817. The Morgan fingerprint density at radius 3 is 2.50 bits per heavy atom. The summed E-state index contributed by atoms with van der Waals surface area (Å²) >= 11 is 1.07. The van der Waals surface area contributed by atoms with Gasteiger partial charge in [-0.1, -0.05) is 23.9 Å². The van der Waals surface area contributed by atoms with E-state index in [2.05, 4.69) is 15.6 Å². The monoisotopic (exact) mass is 332 g/mol. The van der Waals surface area contributed by atoms with E-state index in [4.69, 9.17) is 5.21 Å². The molecule has 0 saturated carbocycles. The van der Waals surface area contributed by atoms with Crippen molar-refractivity contribution in [3.63, 3.8) is 0 Å². The smallest absolute Gasteiger partial charge is 0.453 e. The minimum absolute atomic E-state index is 0.0192. The van der Waals surface area contributed by atoms with E-state index in [1.807, 2.05) is 0 Å². The summed E-state index contributed by atoms with van der Waals surface area (Å²) in [5.41, 5.74) is 3.34. The summed E-state index contributed by atoms with van der Waals surface area (Å²) in [7, 11) is 0. The van der Waals surface area contributed by atoms with Crippen molar-refractivity contribution in [2.45, 2.75) is 23.1 Å². The fraction of sp³-hybridized carbons (Fsp3) is 0.273. The zero-order valence-electron chi connectivity index (χ0n) is 11.0. The normalized spacial score (nSPS) is 20.6. The minimum atomic E-state index is -4.62. The number of fused-ring (bicyclic) bond motifs is 1. The van der Waals surface area contributed by atoms with Crippen LogP contribution in [0.25, 0.3) is 0 Å². The van der Waals surface area contributed by atoms with Gasteiger partial charge in [0.05, 0.1) is 5.69 Å². The van der Waals surface area contributed by atoms with E-state index in [1.165, 1.54) is 24.3 Å². The molecule has 0 aliphatic carbocycles. The number of nitrogens with zero attached hydrogens (tertiary/aromatic N) is 4. The number of halogens is 3. The number of benzene rings is 1. The molecule has 0 spiro atoms. The van der Waals surface area contributed by atoms with E-state index in [0.717, 1.165) is 16.4 Å². The molecule has 0 fully saturated rings. The van der Waals surface area contributed by atoms with Gasteiger partial charge in [-0.25, -0.2) is 4.68 Å². The Morgan fingerprint density at radius 1 is 1.32 bits per heavy atom. The van der Waals surface area contributed by atoms with E-state index >= 15 is 0 Å². The van der Waals surface area contributed by atoms with Gasteiger partial charge in [-0.05, 0) is 24.6 Å². The molecule has 2 N–H and O–H groups in total. The fourth-order valence-electron chi connectivity index (χ4n) is 2.07. The lowest BCUT2D eigenvalue weighted by molar-refractivity contribution is -0.147. The predicted octanol–water partition coefficient (Wildman–Crippen LogP) is 2.51. The molecule has 2 aromatic rings. The third-order valence-corrected chi connectivity index (χ3v) is 4.33. The molecule has 1 atom stereocenters. The first kappa shape index (κ1) is 14.9. The molecule has 1 aromatic carbocycles. The van der Waals surface area contributed by atoms with Crippen LogP contribution in [0.2, 0.25) is 0 Å². The molecule has 3 rings (SSSR count). The Kier molecular flexibility index (Phi) is 3.23. The highest BCUT2D eigenvalue weighted by Crippen LogP contribution is 2.45. The molecular weight excluding hydrogens is 323 g/mol. The van der Waals surface area contributed by atoms with Gasteiger partial charge in [-0.3, -0.25) is 5.21 Å². The molecule has 0 amide bonds. The van der Waals surface area contributed by atoms with Gasteiger partial charge in [0.15, 0.2) is 0 Å². The third-order valence-electron chi connectivity index (χ3n) is 3.15. The zero-order chi connectivity index (χ0) is 16.1. The van der Waals surface area contributed by atoms with Crippen LogP contribution in [0.3, 0.4) is 0 Å². The molecule has 118 valence electrons. The van der Waals surface area contributed by atoms with Crippen LogP contribution in [-0.2, 0) is 11.0 Å². The second kappa shape index (κ2) is 4.76. The molecule has 1 aliphatic heterocycles. The van der Waals surface area contributed by atoms with Gasteiger partial charge in [-0.15, -0.1) is 10.2 Å². The summed E-state index contributed by atoms with van der Waals surface area (Å²) in [6, 6.07) is 5.78. The van der Waals surface area contributed by atoms with Crippen molar-refractivity contribution in [2.24, 2.45) is 0 Å². The van der Waals surface area contributed by atoms with Crippen LogP contribution in [0.4, 0.5) is 18.9 Å². The van der Waals surface area contributed by atoms with Gasteiger partial charge in [0.2, 0.25) is 5.16 Å². The van der Waals surface area contributed by atoms with Gasteiger partial charge in [-0.2, -0.15) is 13.2 Å². The first-order valence-corrected chi connectivity index (χ1v) is 6.79. The molecule has 22 heavy (non-hydrogen) atoms. The summed E-state index contributed by atoms with van der Waals surface area (Å²) in [6.07, 6.45) is -4.62. The average molecular weight is 332 g/mol. The van der Waals surface area contributed by atoms with Crippen molar-refractivity contribution >= 4 is 17.4 Å². The Bertz CT molecular complexity index is 703. The molecule has 0 saturated heterocycles. The van der Waals surface area contributed by atoms with Crippen LogP contribution < -0.4 is 10.7 Å². The van der Waals surface area contributed by atoms with Crippen molar-refractivity contribution in [1.29, 1.82) is 0 Å². The van der Waals surface area contributed by atoms with Crippen molar-refractivity contribution in [2.75, 3.05) is 10.7 Å². The van der Waals surface area contributed by atoms with E-state index in [-0.39, 0.29) is 16.1 Å². The Hall–Kier alpha value is -1.98. The van der Waals surface area contributed by atoms with Gasteiger partial charge >= 0.3 is 6.18 Å². The molecule has 0 unspecified atom stereocenters. The first-order valence-electron chi connectivity index (χ1n) is 5.97. The van der Waals surface area contributed by atoms with Crippen LogP contribution in [0.1, 0.15) is 18.3 Å². The maximum atomic E-state index is 12.8. The lowest BCUT2D eigenvalue weighted by Gasteiger charge is -2.26. The number of alkyl halides is 3. The zero-order valence-corrected chi connectivity index (χ0v) is 11.8. The van der Waals surface area contributed by atoms with Gasteiger partial charge in [0.25, 0.3) is 5.82 Å². The van der Waals surface area contributed by atoms with Crippen molar-refractivity contribution < 1.29 is 18.4 Å². The number of hydrogen-bond donors (Lipinski definition) is 2. The third kappa shape index (κ3) is 2.36. The second-order valence-electron chi connectivity index (χ2n) is 4.71. The number of aromatic nitrogens is 3. The molecule has 0 radical (unpaired) electrons. The molecule has 11 heteroatoms. The molecule has 2 heterocycles. The Labute approximate surface area is 126 Å². The highest BCUT2D eigenvalue weighted by atomic mass is 32.2. The predicted molar refractivity (Wildman–Crippen MR) is 71.7 cm³/mol.